The van der Waals surface area contributed by atoms with Crippen LogP contribution in [0.3, 0.4) is 0 Å². The van der Waals surface area contributed by atoms with Crippen LogP contribution in [-0.4, -0.2) is 10.1 Å². The molecule has 0 amide bonds. The maximum absolute atomic E-state index is 5.25. The number of hydrogen-bond acceptors (Lipinski definition) is 3. The molecule has 0 aliphatic carbocycles. The predicted molar refractivity (Wildman–Crippen MR) is 74.6 cm³/mol. The lowest BCUT2D eigenvalue weighted by Gasteiger charge is -2.12. The largest absolute Gasteiger partial charge is 0.339 e. The molecule has 0 N–H and O–H groups in total. The fourth-order valence-corrected chi connectivity index (χ4v) is 2.39. The smallest absolute Gasteiger partial charge is 0.229 e. The number of nitrogens with zero attached hydrogens (tertiary/aromatic N) is 2. The average Bonchev–Trinajstić information content (AvgIpc) is 2.91. The fraction of sp³-hybridized carbons (Fsp3) is 0.867. The van der Waals surface area contributed by atoms with Gasteiger partial charge in [-0.25, -0.2) is 0 Å². The van der Waals surface area contributed by atoms with Crippen LogP contribution in [0.1, 0.15) is 89.9 Å². The molecule has 0 unspecified atom stereocenters. The van der Waals surface area contributed by atoms with Gasteiger partial charge >= 0.3 is 0 Å². The van der Waals surface area contributed by atoms with E-state index in [4.69, 9.17) is 4.52 Å². The number of hydrogen-bond donors (Lipinski definition) is 0. The molecule has 0 saturated heterocycles. The second-order valence-corrected chi connectivity index (χ2v) is 5.18. The Morgan fingerprint density at radius 2 is 1.56 bits per heavy atom. The van der Waals surface area contributed by atoms with Crippen molar-refractivity contribution in [2.24, 2.45) is 0 Å². The van der Waals surface area contributed by atoms with Gasteiger partial charge in [0.2, 0.25) is 5.89 Å². The van der Waals surface area contributed by atoms with Gasteiger partial charge < -0.3 is 4.52 Å². The van der Waals surface area contributed by atoms with Crippen LogP contribution in [0.25, 0.3) is 0 Å². The molecule has 3 heteroatoms. The van der Waals surface area contributed by atoms with Crippen LogP contribution in [0.5, 0.6) is 0 Å². The molecule has 104 valence electrons. The summed E-state index contributed by atoms with van der Waals surface area (Å²) >= 11 is 0. The van der Waals surface area contributed by atoms with Crippen molar-refractivity contribution in [1.29, 1.82) is 0 Å². The van der Waals surface area contributed by atoms with Gasteiger partial charge in [0, 0.05) is 5.92 Å². The van der Waals surface area contributed by atoms with Gasteiger partial charge in [0.1, 0.15) is 0 Å². The molecule has 0 bridgehead atoms. The summed E-state index contributed by atoms with van der Waals surface area (Å²) < 4.78 is 5.25. The zero-order valence-electron chi connectivity index (χ0n) is 12.0. The van der Waals surface area contributed by atoms with Crippen LogP contribution in [0.2, 0.25) is 0 Å². The summed E-state index contributed by atoms with van der Waals surface area (Å²) in [6.07, 6.45) is 14.4. The summed E-state index contributed by atoms with van der Waals surface area (Å²) in [5.41, 5.74) is 0. The first-order valence-corrected chi connectivity index (χ1v) is 7.65. The van der Waals surface area contributed by atoms with E-state index in [1.54, 1.807) is 0 Å². The highest BCUT2D eigenvalue weighted by Gasteiger charge is 2.16. The molecule has 0 fully saturated rings. The Labute approximate surface area is 111 Å². The van der Waals surface area contributed by atoms with E-state index in [1.165, 1.54) is 70.5 Å². The van der Waals surface area contributed by atoms with E-state index >= 15 is 0 Å². The van der Waals surface area contributed by atoms with Gasteiger partial charge in [0.05, 0.1) is 0 Å². The third kappa shape index (κ3) is 6.18. The minimum Gasteiger partial charge on any atom is -0.339 e. The third-order valence-electron chi connectivity index (χ3n) is 3.54. The van der Waals surface area contributed by atoms with Crippen LogP contribution in [0.15, 0.2) is 10.9 Å². The zero-order valence-corrected chi connectivity index (χ0v) is 12.0. The lowest BCUT2D eigenvalue weighted by atomic mass is 9.94. The van der Waals surface area contributed by atoms with Gasteiger partial charge in [-0.1, -0.05) is 70.4 Å². The van der Waals surface area contributed by atoms with Crippen molar-refractivity contribution < 1.29 is 4.52 Å². The topological polar surface area (TPSA) is 38.9 Å². The highest BCUT2D eigenvalue weighted by Crippen LogP contribution is 2.26. The first kappa shape index (κ1) is 15.2. The summed E-state index contributed by atoms with van der Waals surface area (Å²) in [6, 6.07) is 0. The number of rotatable bonds is 11. The Morgan fingerprint density at radius 3 is 2.00 bits per heavy atom. The molecule has 1 heterocycles. The Balaban J connectivity index is 2.29. The van der Waals surface area contributed by atoms with Crippen LogP contribution in [0, 0.1) is 0 Å². The van der Waals surface area contributed by atoms with E-state index in [2.05, 4.69) is 24.0 Å². The summed E-state index contributed by atoms with van der Waals surface area (Å²) in [5.74, 6) is 1.34. The quantitative estimate of drug-likeness (QED) is 0.515. The summed E-state index contributed by atoms with van der Waals surface area (Å²) in [6.45, 7) is 4.50. The van der Waals surface area contributed by atoms with E-state index in [1.807, 2.05) is 0 Å². The van der Waals surface area contributed by atoms with Gasteiger partial charge in [0.25, 0.3) is 0 Å². The van der Waals surface area contributed by atoms with Gasteiger partial charge in [-0.2, -0.15) is 4.98 Å². The lowest BCUT2D eigenvalue weighted by Crippen LogP contribution is -2.00. The van der Waals surface area contributed by atoms with Crippen molar-refractivity contribution in [3.05, 3.63) is 12.2 Å². The van der Waals surface area contributed by atoms with Crippen molar-refractivity contribution in [1.82, 2.24) is 10.1 Å². The third-order valence-corrected chi connectivity index (χ3v) is 3.54. The first-order chi connectivity index (χ1) is 8.88. The second kappa shape index (κ2) is 10.1. The van der Waals surface area contributed by atoms with Crippen molar-refractivity contribution in [3.63, 3.8) is 0 Å². The highest BCUT2D eigenvalue weighted by molar-refractivity contribution is 4.88. The zero-order chi connectivity index (χ0) is 13.1. The van der Waals surface area contributed by atoms with Crippen LogP contribution < -0.4 is 0 Å². The lowest BCUT2D eigenvalue weighted by molar-refractivity contribution is 0.329. The molecular weight excluding hydrogens is 224 g/mol. The molecular formula is C15H28N2O. The summed E-state index contributed by atoms with van der Waals surface area (Å²) in [5, 5.41) is 3.75. The van der Waals surface area contributed by atoms with Gasteiger partial charge in [-0.3, -0.25) is 0 Å². The SMILES string of the molecule is CCCCCCC(CCCCCC)c1ncno1. The normalized spacial score (nSPS) is 11.3. The molecule has 0 saturated carbocycles. The van der Waals surface area contributed by atoms with Gasteiger partial charge in [0.15, 0.2) is 6.33 Å². The standard InChI is InChI=1S/C15H28N2O/c1-3-5-7-9-11-14(12-10-8-6-4-2)15-16-13-17-18-15/h13-14H,3-12H2,1-2H3. The van der Waals surface area contributed by atoms with Crippen LogP contribution in [0.4, 0.5) is 0 Å². The van der Waals surface area contributed by atoms with E-state index in [0.717, 1.165) is 5.89 Å². The van der Waals surface area contributed by atoms with Crippen molar-refractivity contribution >= 4 is 0 Å². The number of aromatic nitrogens is 2. The van der Waals surface area contributed by atoms with Gasteiger partial charge in [-0.15, -0.1) is 0 Å². The average molecular weight is 252 g/mol. The van der Waals surface area contributed by atoms with Crippen LogP contribution in [-0.2, 0) is 0 Å². The molecule has 0 atom stereocenters. The molecule has 0 aliphatic rings. The van der Waals surface area contributed by atoms with E-state index < -0.39 is 0 Å². The Morgan fingerprint density at radius 1 is 0.944 bits per heavy atom. The fourth-order valence-electron chi connectivity index (χ4n) is 2.39. The summed E-state index contributed by atoms with van der Waals surface area (Å²) in [7, 11) is 0. The van der Waals surface area contributed by atoms with Crippen molar-refractivity contribution in [3.8, 4) is 0 Å². The Hall–Kier alpha value is -0.860. The number of unbranched alkanes of at least 4 members (excludes halogenated alkanes) is 6. The minimum absolute atomic E-state index is 0.487. The monoisotopic (exact) mass is 252 g/mol. The summed E-state index contributed by atoms with van der Waals surface area (Å²) in [4.78, 5) is 4.24. The first-order valence-electron chi connectivity index (χ1n) is 7.65. The molecule has 0 aromatic carbocycles. The molecule has 1 aromatic rings. The highest BCUT2D eigenvalue weighted by atomic mass is 16.5. The van der Waals surface area contributed by atoms with Crippen molar-refractivity contribution in [2.75, 3.05) is 0 Å². The minimum atomic E-state index is 0.487. The maximum Gasteiger partial charge on any atom is 0.229 e. The van der Waals surface area contributed by atoms with Crippen LogP contribution >= 0.6 is 0 Å². The van der Waals surface area contributed by atoms with E-state index in [-0.39, 0.29) is 0 Å². The van der Waals surface area contributed by atoms with E-state index in [9.17, 15) is 0 Å². The molecule has 3 nitrogen and oxygen atoms in total. The molecule has 0 spiro atoms. The second-order valence-electron chi connectivity index (χ2n) is 5.18. The Bertz CT molecular complexity index is 260. The van der Waals surface area contributed by atoms with Gasteiger partial charge in [-0.05, 0) is 12.8 Å². The molecule has 1 aromatic heterocycles. The van der Waals surface area contributed by atoms with Crippen molar-refractivity contribution in [2.45, 2.75) is 84.0 Å². The molecule has 18 heavy (non-hydrogen) atoms. The molecule has 1 rings (SSSR count). The predicted octanol–water partition coefficient (Wildman–Crippen LogP) is 5.09. The Kier molecular flexibility index (Phi) is 8.53. The van der Waals surface area contributed by atoms with E-state index in [0.29, 0.717) is 5.92 Å². The molecule has 0 radical (unpaired) electrons. The maximum atomic E-state index is 5.25. The molecule has 0 aliphatic heterocycles.